The summed E-state index contributed by atoms with van der Waals surface area (Å²) in [5.41, 5.74) is 1.37. The predicted molar refractivity (Wildman–Crippen MR) is 110 cm³/mol. The fourth-order valence-electron chi connectivity index (χ4n) is 3.27. The van der Waals surface area contributed by atoms with Crippen molar-refractivity contribution in [2.24, 2.45) is 7.05 Å². The van der Waals surface area contributed by atoms with Gasteiger partial charge in [0.15, 0.2) is 0 Å². The predicted octanol–water partition coefficient (Wildman–Crippen LogP) is 2.08. The molecule has 152 valence electrons. The fourth-order valence-corrected chi connectivity index (χ4v) is 5.52. The van der Waals surface area contributed by atoms with Crippen molar-refractivity contribution in [3.8, 4) is 10.6 Å². The van der Waals surface area contributed by atoms with E-state index in [1.165, 1.54) is 32.7 Å². The van der Waals surface area contributed by atoms with Crippen LogP contribution in [0.4, 0.5) is 0 Å². The highest BCUT2D eigenvalue weighted by Crippen LogP contribution is 2.24. The van der Waals surface area contributed by atoms with Crippen LogP contribution < -0.4 is 0 Å². The van der Waals surface area contributed by atoms with E-state index in [1.807, 2.05) is 30.3 Å². The summed E-state index contributed by atoms with van der Waals surface area (Å²) in [6.07, 6.45) is 3.41. The van der Waals surface area contributed by atoms with Crippen LogP contribution in [0.5, 0.6) is 0 Å². The van der Waals surface area contributed by atoms with Crippen molar-refractivity contribution in [3.05, 3.63) is 53.8 Å². The van der Waals surface area contributed by atoms with Gasteiger partial charge in [-0.3, -0.25) is 9.48 Å². The Morgan fingerprint density at radius 3 is 2.62 bits per heavy atom. The second kappa shape index (κ2) is 8.05. The van der Waals surface area contributed by atoms with E-state index in [4.69, 9.17) is 0 Å². The summed E-state index contributed by atoms with van der Waals surface area (Å²) in [6.45, 7) is 1.44. The van der Waals surface area contributed by atoms with E-state index >= 15 is 0 Å². The fraction of sp³-hybridized carbons (Fsp3) is 0.316. The van der Waals surface area contributed by atoms with E-state index in [-0.39, 0.29) is 17.3 Å². The first-order chi connectivity index (χ1) is 13.9. The highest BCUT2D eigenvalue weighted by atomic mass is 32.2. The molecular weight excluding hydrogens is 410 g/mol. The lowest BCUT2D eigenvalue weighted by Crippen LogP contribution is -2.37. The van der Waals surface area contributed by atoms with E-state index in [1.54, 1.807) is 17.3 Å². The zero-order valence-electron chi connectivity index (χ0n) is 15.9. The van der Waals surface area contributed by atoms with Crippen LogP contribution in [0, 0.1) is 0 Å². The van der Waals surface area contributed by atoms with Gasteiger partial charge in [0.25, 0.3) is 5.91 Å². The number of hydrogen-bond acceptors (Lipinski definition) is 6. The Kier molecular flexibility index (Phi) is 5.48. The van der Waals surface area contributed by atoms with Crippen LogP contribution in [0.25, 0.3) is 10.6 Å². The average molecular weight is 432 g/mol. The highest BCUT2D eigenvalue weighted by Gasteiger charge is 2.30. The molecule has 3 heterocycles. The first kappa shape index (κ1) is 19.7. The Morgan fingerprint density at radius 1 is 1.10 bits per heavy atom. The molecule has 0 unspecified atom stereocenters. The van der Waals surface area contributed by atoms with Gasteiger partial charge in [0.1, 0.15) is 15.6 Å². The van der Waals surface area contributed by atoms with Crippen molar-refractivity contribution in [2.45, 2.75) is 11.3 Å². The number of rotatable bonds is 4. The zero-order valence-corrected chi connectivity index (χ0v) is 17.6. The maximum atomic E-state index is 12.9. The molecule has 0 atom stereocenters. The number of aryl methyl sites for hydroxylation is 1. The van der Waals surface area contributed by atoms with Gasteiger partial charge < -0.3 is 4.90 Å². The molecule has 4 rings (SSSR count). The highest BCUT2D eigenvalue weighted by molar-refractivity contribution is 7.89. The molecule has 0 aliphatic carbocycles. The molecule has 1 amide bonds. The monoisotopic (exact) mass is 431 g/mol. The summed E-state index contributed by atoms with van der Waals surface area (Å²) in [6, 6.07) is 9.72. The summed E-state index contributed by atoms with van der Waals surface area (Å²) >= 11 is 1.43. The number of hydrogen-bond donors (Lipinski definition) is 0. The van der Waals surface area contributed by atoms with Crippen molar-refractivity contribution >= 4 is 27.3 Å². The SMILES string of the molecule is Cn1cc(S(=O)(=O)N2CCCN(C(=O)c3csc(-c4ccccc4)n3)CC2)cn1. The lowest BCUT2D eigenvalue weighted by molar-refractivity contribution is 0.0759. The van der Waals surface area contributed by atoms with E-state index in [2.05, 4.69) is 10.1 Å². The molecule has 0 saturated carbocycles. The van der Waals surface area contributed by atoms with Crippen LogP contribution in [-0.2, 0) is 17.1 Å². The number of carbonyl (C=O) groups is 1. The quantitative estimate of drug-likeness (QED) is 0.631. The molecule has 1 fully saturated rings. The lowest BCUT2D eigenvalue weighted by Gasteiger charge is -2.20. The third-order valence-corrected chi connectivity index (χ3v) is 7.55. The molecule has 0 radical (unpaired) electrons. The van der Waals surface area contributed by atoms with Gasteiger partial charge in [0.2, 0.25) is 10.0 Å². The molecule has 0 N–H and O–H groups in total. The summed E-state index contributed by atoms with van der Waals surface area (Å²) in [5, 5.41) is 6.51. The van der Waals surface area contributed by atoms with E-state index < -0.39 is 10.0 Å². The molecule has 0 bridgehead atoms. The molecule has 29 heavy (non-hydrogen) atoms. The molecule has 1 saturated heterocycles. The van der Waals surface area contributed by atoms with E-state index in [9.17, 15) is 13.2 Å². The number of thiazole rings is 1. The first-order valence-electron chi connectivity index (χ1n) is 9.24. The molecule has 3 aromatic rings. The topological polar surface area (TPSA) is 88.4 Å². The Hall–Kier alpha value is -2.56. The zero-order chi connectivity index (χ0) is 20.4. The summed E-state index contributed by atoms with van der Waals surface area (Å²) in [7, 11) is -1.93. The molecular formula is C19H21N5O3S2. The maximum absolute atomic E-state index is 12.9. The Bertz CT molecular complexity index is 1110. The Balaban J connectivity index is 1.46. The van der Waals surface area contributed by atoms with Crippen molar-refractivity contribution < 1.29 is 13.2 Å². The van der Waals surface area contributed by atoms with E-state index in [0.717, 1.165) is 10.6 Å². The molecule has 1 aromatic carbocycles. The van der Waals surface area contributed by atoms with Crippen molar-refractivity contribution in [1.82, 2.24) is 24.0 Å². The van der Waals surface area contributed by atoms with Gasteiger partial charge >= 0.3 is 0 Å². The first-order valence-corrected chi connectivity index (χ1v) is 11.6. The molecule has 1 aliphatic rings. The van der Waals surface area contributed by atoms with E-state index in [0.29, 0.717) is 31.7 Å². The third-order valence-electron chi connectivity index (χ3n) is 4.81. The van der Waals surface area contributed by atoms with Crippen LogP contribution in [-0.4, -0.2) is 64.5 Å². The van der Waals surface area contributed by atoms with Crippen LogP contribution in [0.3, 0.4) is 0 Å². The smallest absolute Gasteiger partial charge is 0.273 e. The number of benzene rings is 1. The van der Waals surface area contributed by atoms with Crippen molar-refractivity contribution in [2.75, 3.05) is 26.2 Å². The Morgan fingerprint density at radius 2 is 1.90 bits per heavy atom. The summed E-state index contributed by atoms with van der Waals surface area (Å²) < 4.78 is 28.5. The van der Waals surface area contributed by atoms with Gasteiger partial charge in [-0.05, 0) is 6.42 Å². The molecule has 8 nitrogen and oxygen atoms in total. The summed E-state index contributed by atoms with van der Waals surface area (Å²) in [4.78, 5) is 19.3. The van der Waals surface area contributed by atoms with Crippen molar-refractivity contribution in [3.63, 3.8) is 0 Å². The van der Waals surface area contributed by atoms with Gasteiger partial charge in [-0.15, -0.1) is 11.3 Å². The number of amides is 1. The standard InChI is InChI=1S/C19H21N5O3S2/c1-22-13-16(12-20-22)29(26,27)24-9-5-8-23(10-11-24)19(25)17-14-28-18(21-17)15-6-3-2-4-7-15/h2-4,6-7,12-14H,5,8-11H2,1H3. The van der Waals surface area contributed by atoms with Crippen LogP contribution >= 0.6 is 11.3 Å². The molecule has 2 aromatic heterocycles. The molecule has 0 spiro atoms. The lowest BCUT2D eigenvalue weighted by atomic mass is 10.2. The van der Waals surface area contributed by atoms with Gasteiger partial charge in [-0.1, -0.05) is 30.3 Å². The normalized spacial score (nSPS) is 16.0. The molecule has 1 aliphatic heterocycles. The molecule has 10 heteroatoms. The van der Waals surface area contributed by atoms with Gasteiger partial charge in [0, 0.05) is 50.4 Å². The second-order valence-electron chi connectivity index (χ2n) is 6.80. The number of aromatic nitrogens is 3. The van der Waals surface area contributed by atoms with Crippen LogP contribution in [0.2, 0.25) is 0 Å². The van der Waals surface area contributed by atoms with Crippen molar-refractivity contribution in [1.29, 1.82) is 0 Å². The number of sulfonamides is 1. The van der Waals surface area contributed by atoms with Crippen LogP contribution in [0.15, 0.2) is 53.0 Å². The minimum atomic E-state index is -3.61. The van der Waals surface area contributed by atoms with Gasteiger partial charge in [-0.25, -0.2) is 13.4 Å². The summed E-state index contributed by atoms with van der Waals surface area (Å²) in [5.74, 6) is -0.163. The number of carbonyl (C=O) groups excluding carboxylic acids is 1. The minimum absolute atomic E-state index is 0.163. The number of nitrogens with zero attached hydrogens (tertiary/aromatic N) is 5. The maximum Gasteiger partial charge on any atom is 0.273 e. The Labute approximate surface area is 173 Å². The third kappa shape index (κ3) is 4.09. The average Bonchev–Trinajstić information content (AvgIpc) is 3.31. The van der Waals surface area contributed by atoms with Gasteiger partial charge in [-0.2, -0.15) is 9.40 Å². The minimum Gasteiger partial charge on any atom is -0.336 e. The van der Waals surface area contributed by atoms with Gasteiger partial charge in [0.05, 0.1) is 6.20 Å². The van der Waals surface area contributed by atoms with Crippen LogP contribution in [0.1, 0.15) is 16.9 Å². The second-order valence-corrected chi connectivity index (χ2v) is 9.60. The largest absolute Gasteiger partial charge is 0.336 e.